The van der Waals surface area contributed by atoms with Crippen LogP contribution in [0.2, 0.25) is 0 Å². The molecule has 0 aliphatic heterocycles. The summed E-state index contributed by atoms with van der Waals surface area (Å²) in [6, 6.07) is 1.36. The third-order valence-corrected chi connectivity index (χ3v) is 2.52. The van der Waals surface area contributed by atoms with Crippen molar-refractivity contribution in [2.45, 2.75) is 45.7 Å². The molecule has 1 rings (SSSR count). The van der Waals surface area contributed by atoms with Crippen LogP contribution in [0.25, 0.3) is 0 Å². The number of aliphatic carboxylic acids is 1. The van der Waals surface area contributed by atoms with Crippen LogP contribution in [0.3, 0.4) is 0 Å². The van der Waals surface area contributed by atoms with Crippen LogP contribution in [0, 0.1) is 6.92 Å². The standard InChI is InChI=1S/C12H19N3O4/c1-8-6-9(19-15-8)7-13-11(18)14-12(2,3)5-4-10(16)17/h6H,4-5,7H2,1-3H3,(H,16,17)(H2,13,14,18). The summed E-state index contributed by atoms with van der Waals surface area (Å²) in [5.74, 6) is -0.316. The zero-order chi connectivity index (χ0) is 14.5. The first-order valence-electron chi connectivity index (χ1n) is 5.98. The van der Waals surface area contributed by atoms with Crippen molar-refractivity contribution in [3.8, 4) is 0 Å². The van der Waals surface area contributed by atoms with Crippen molar-refractivity contribution in [1.29, 1.82) is 0 Å². The monoisotopic (exact) mass is 269 g/mol. The van der Waals surface area contributed by atoms with E-state index in [2.05, 4.69) is 15.8 Å². The van der Waals surface area contributed by atoms with E-state index < -0.39 is 11.5 Å². The Labute approximate surface area is 111 Å². The molecule has 0 radical (unpaired) electrons. The van der Waals surface area contributed by atoms with Gasteiger partial charge in [-0.05, 0) is 27.2 Å². The number of hydrogen-bond acceptors (Lipinski definition) is 4. The molecular formula is C12H19N3O4. The van der Waals surface area contributed by atoms with Crippen LogP contribution in [-0.2, 0) is 11.3 Å². The van der Waals surface area contributed by atoms with Crippen molar-refractivity contribution < 1.29 is 19.2 Å². The number of nitrogens with zero attached hydrogens (tertiary/aromatic N) is 1. The van der Waals surface area contributed by atoms with Crippen LogP contribution in [0.15, 0.2) is 10.6 Å². The molecule has 0 saturated heterocycles. The van der Waals surface area contributed by atoms with E-state index in [9.17, 15) is 9.59 Å². The molecule has 2 amide bonds. The average molecular weight is 269 g/mol. The lowest BCUT2D eigenvalue weighted by Gasteiger charge is -2.25. The minimum atomic E-state index is -0.882. The zero-order valence-corrected chi connectivity index (χ0v) is 11.3. The zero-order valence-electron chi connectivity index (χ0n) is 11.3. The highest BCUT2D eigenvalue weighted by Crippen LogP contribution is 2.11. The van der Waals surface area contributed by atoms with E-state index in [4.69, 9.17) is 9.63 Å². The van der Waals surface area contributed by atoms with Crippen molar-refractivity contribution in [1.82, 2.24) is 15.8 Å². The third kappa shape index (κ3) is 5.89. The van der Waals surface area contributed by atoms with Gasteiger partial charge >= 0.3 is 12.0 Å². The second kappa shape index (κ2) is 6.21. The molecule has 0 aromatic carbocycles. The molecule has 7 heteroatoms. The Hall–Kier alpha value is -2.05. The number of urea groups is 1. The molecule has 0 bridgehead atoms. The highest BCUT2D eigenvalue weighted by atomic mass is 16.5. The van der Waals surface area contributed by atoms with Gasteiger partial charge in [-0.1, -0.05) is 5.16 Å². The fourth-order valence-corrected chi connectivity index (χ4v) is 1.50. The molecule has 0 spiro atoms. The Morgan fingerprint density at radius 2 is 2.16 bits per heavy atom. The predicted octanol–water partition coefficient (Wildman–Crippen LogP) is 1.43. The largest absolute Gasteiger partial charge is 0.481 e. The Bertz CT molecular complexity index is 454. The fraction of sp³-hybridized carbons (Fsp3) is 0.583. The maximum Gasteiger partial charge on any atom is 0.315 e. The summed E-state index contributed by atoms with van der Waals surface area (Å²) >= 11 is 0. The normalized spacial score (nSPS) is 11.1. The van der Waals surface area contributed by atoms with Crippen molar-refractivity contribution in [2.24, 2.45) is 0 Å². The van der Waals surface area contributed by atoms with Gasteiger partial charge in [0.25, 0.3) is 0 Å². The number of hydrogen-bond donors (Lipinski definition) is 3. The van der Waals surface area contributed by atoms with Gasteiger partial charge < -0.3 is 20.3 Å². The number of carbonyl (C=O) groups is 2. The van der Waals surface area contributed by atoms with Crippen LogP contribution in [0.5, 0.6) is 0 Å². The first kappa shape index (κ1) is 15.0. The Morgan fingerprint density at radius 3 is 2.68 bits per heavy atom. The first-order valence-corrected chi connectivity index (χ1v) is 5.98. The van der Waals surface area contributed by atoms with E-state index >= 15 is 0 Å². The molecule has 1 aromatic heterocycles. The molecule has 0 fully saturated rings. The van der Waals surface area contributed by atoms with Crippen LogP contribution < -0.4 is 10.6 Å². The fourth-order valence-electron chi connectivity index (χ4n) is 1.50. The van der Waals surface area contributed by atoms with Gasteiger partial charge in [0.1, 0.15) is 0 Å². The highest BCUT2D eigenvalue weighted by molar-refractivity contribution is 5.74. The van der Waals surface area contributed by atoms with Crippen molar-refractivity contribution in [3.63, 3.8) is 0 Å². The van der Waals surface area contributed by atoms with E-state index in [1.165, 1.54) is 0 Å². The molecule has 7 nitrogen and oxygen atoms in total. The third-order valence-electron chi connectivity index (χ3n) is 2.52. The molecule has 1 heterocycles. The van der Waals surface area contributed by atoms with Gasteiger partial charge in [-0.3, -0.25) is 4.79 Å². The Kier molecular flexibility index (Phi) is 4.91. The van der Waals surface area contributed by atoms with Crippen LogP contribution in [0.4, 0.5) is 4.79 Å². The van der Waals surface area contributed by atoms with Crippen LogP contribution in [0.1, 0.15) is 38.1 Å². The van der Waals surface area contributed by atoms with Gasteiger partial charge in [0.15, 0.2) is 5.76 Å². The van der Waals surface area contributed by atoms with E-state index in [0.717, 1.165) is 5.69 Å². The van der Waals surface area contributed by atoms with Gasteiger partial charge in [-0.2, -0.15) is 0 Å². The summed E-state index contributed by atoms with van der Waals surface area (Å²) < 4.78 is 4.95. The minimum absolute atomic E-state index is 0.00851. The number of rotatable bonds is 6. The summed E-state index contributed by atoms with van der Waals surface area (Å²) in [7, 11) is 0. The number of carbonyl (C=O) groups excluding carboxylic acids is 1. The van der Waals surface area contributed by atoms with E-state index in [-0.39, 0.29) is 19.0 Å². The van der Waals surface area contributed by atoms with Gasteiger partial charge in [-0.25, -0.2) is 4.79 Å². The Morgan fingerprint density at radius 1 is 1.47 bits per heavy atom. The Balaban J connectivity index is 2.35. The molecular weight excluding hydrogens is 250 g/mol. The number of carboxylic acids is 1. The smallest absolute Gasteiger partial charge is 0.315 e. The summed E-state index contributed by atoms with van der Waals surface area (Å²) in [5, 5.41) is 17.7. The molecule has 0 unspecified atom stereocenters. The summed E-state index contributed by atoms with van der Waals surface area (Å²) in [6.07, 6.45) is 0.367. The lowest BCUT2D eigenvalue weighted by atomic mass is 9.99. The molecule has 1 aromatic rings. The van der Waals surface area contributed by atoms with Gasteiger partial charge in [0, 0.05) is 18.0 Å². The van der Waals surface area contributed by atoms with Gasteiger partial charge in [0.2, 0.25) is 0 Å². The molecule has 0 atom stereocenters. The second-order valence-electron chi connectivity index (χ2n) is 5.02. The van der Waals surface area contributed by atoms with Crippen molar-refractivity contribution >= 4 is 12.0 Å². The van der Waals surface area contributed by atoms with E-state index in [1.54, 1.807) is 26.8 Å². The number of carboxylic acid groups (broad SMARTS) is 1. The van der Waals surface area contributed by atoms with Crippen molar-refractivity contribution in [3.05, 3.63) is 17.5 Å². The molecule has 0 saturated carbocycles. The van der Waals surface area contributed by atoms with Gasteiger partial charge in [-0.15, -0.1) is 0 Å². The van der Waals surface area contributed by atoms with Gasteiger partial charge in [0.05, 0.1) is 12.2 Å². The molecule has 3 N–H and O–H groups in total. The maximum atomic E-state index is 11.7. The average Bonchev–Trinajstić information content (AvgIpc) is 2.69. The minimum Gasteiger partial charge on any atom is -0.481 e. The van der Waals surface area contributed by atoms with Crippen LogP contribution in [-0.4, -0.2) is 27.8 Å². The first-order chi connectivity index (χ1) is 8.78. The lowest BCUT2D eigenvalue weighted by molar-refractivity contribution is -0.137. The maximum absolute atomic E-state index is 11.7. The molecule has 0 aliphatic rings. The SMILES string of the molecule is Cc1cc(CNC(=O)NC(C)(C)CCC(=O)O)on1. The van der Waals surface area contributed by atoms with E-state index in [0.29, 0.717) is 12.2 Å². The lowest BCUT2D eigenvalue weighted by Crippen LogP contribution is -2.48. The second-order valence-corrected chi connectivity index (χ2v) is 5.02. The van der Waals surface area contributed by atoms with Crippen molar-refractivity contribution in [2.75, 3.05) is 0 Å². The van der Waals surface area contributed by atoms with Crippen LogP contribution >= 0.6 is 0 Å². The number of amides is 2. The molecule has 106 valence electrons. The summed E-state index contributed by atoms with van der Waals surface area (Å²) in [6.45, 7) is 5.58. The quantitative estimate of drug-likeness (QED) is 0.724. The summed E-state index contributed by atoms with van der Waals surface area (Å²) in [4.78, 5) is 22.1. The number of nitrogens with one attached hydrogen (secondary N) is 2. The topological polar surface area (TPSA) is 104 Å². The highest BCUT2D eigenvalue weighted by Gasteiger charge is 2.21. The van der Waals surface area contributed by atoms with E-state index in [1.807, 2.05) is 0 Å². The molecule has 0 aliphatic carbocycles. The molecule has 19 heavy (non-hydrogen) atoms. The predicted molar refractivity (Wildman–Crippen MR) is 67.6 cm³/mol. The number of aromatic nitrogens is 1. The number of aryl methyl sites for hydroxylation is 1. The summed E-state index contributed by atoms with van der Waals surface area (Å²) in [5.41, 5.74) is 0.166.